The van der Waals surface area contributed by atoms with Gasteiger partial charge in [-0.2, -0.15) is 5.26 Å². The first-order chi connectivity index (χ1) is 14.5. The summed E-state index contributed by atoms with van der Waals surface area (Å²) in [6, 6.07) is 17.6. The summed E-state index contributed by atoms with van der Waals surface area (Å²) in [6.07, 6.45) is 1.40. The van der Waals surface area contributed by atoms with E-state index in [2.05, 4.69) is 29.2 Å². The maximum atomic E-state index is 12.8. The fourth-order valence-corrected chi connectivity index (χ4v) is 4.42. The molecule has 0 aliphatic carbocycles. The molecule has 0 N–H and O–H groups in total. The summed E-state index contributed by atoms with van der Waals surface area (Å²) in [7, 11) is 3.58. The van der Waals surface area contributed by atoms with Crippen LogP contribution in [0.25, 0.3) is 0 Å². The monoisotopic (exact) mass is 402 g/mol. The summed E-state index contributed by atoms with van der Waals surface area (Å²) < 4.78 is 0. The predicted octanol–water partition coefficient (Wildman–Crippen LogP) is 2.46. The first kappa shape index (κ1) is 20.1. The van der Waals surface area contributed by atoms with E-state index in [0.29, 0.717) is 30.6 Å². The molecule has 30 heavy (non-hydrogen) atoms. The molecule has 2 aliphatic heterocycles. The van der Waals surface area contributed by atoms with E-state index >= 15 is 0 Å². The number of benzene rings is 2. The van der Waals surface area contributed by atoms with Crippen molar-refractivity contribution >= 4 is 11.8 Å². The van der Waals surface area contributed by atoms with Crippen molar-refractivity contribution in [3.8, 4) is 6.07 Å². The maximum absolute atomic E-state index is 12.8. The molecule has 0 radical (unpaired) electrons. The second-order valence-electron chi connectivity index (χ2n) is 8.25. The Balaban J connectivity index is 1.49. The van der Waals surface area contributed by atoms with Crippen LogP contribution in [0.1, 0.15) is 39.5 Å². The van der Waals surface area contributed by atoms with Crippen LogP contribution in [0.4, 0.5) is 0 Å². The highest BCUT2D eigenvalue weighted by Gasteiger charge is 2.41. The molecule has 4 rings (SSSR count). The standard InChI is InChI=1S/C24H26N4O2/c1-26(2)23(29)13-22-21-9-4-3-7-18(21)10-11-28(22)20-15-27(16-20)24(30)19-8-5-6-17(12-19)14-25/h3-9,12,20,22H,10-11,13,15-16H2,1-2H3. The van der Waals surface area contributed by atoms with Crippen LogP contribution in [0.5, 0.6) is 0 Å². The molecule has 1 atom stereocenters. The van der Waals surface area contributed by atoms with Gasteiger partial charge in [-0.3, -0.25) is 14.5 Å². The van der Waals surface area contributed by atoms with Gasteiger partial charge < -0.3 is 9.80 Å². The summed E-state index contributed by atoms with van der Waals surface area (Å²) in [5.74, 6) is 0.0731. The molecular formula is C24H26N4O2. The number of amides is 2. The van der Waals surface area contributed by atoms with Crippen LogP contribution >= 0.6 is 0 Å². The lowest BCUT2D eigenvalue weighted by atomic mass is 9.88. The number of carbonyl (C=O) groups excluding carboxylic acids is 2. The quantitative estimate of drug-likeness (QED) is 0.788. The SMILES string of the molecule is CN(C)C(=O)CC1c2ccccc2CCN1C1CN(C(=O)c2cccc(C#N)c2)C1. The Labute approximate surface area is 177 Å². The fourth-order valence-electron chi connectivity index (χ4n) is 4.42. The minimum absolute atomic E-state index is 0.0361. The Hall–Kier alpha value is -3.17. The van der Waals surface area contributed by atoms with Crippen LogP contribution in [0.15, 0.2) is 48.5 Å². The number of fused-ring (bicyclic) bond motifs is 1. The van der Waals surface area contributed by atoms with E-state index in [-0.39, 0.29) is 23.9 Å². The zero-order chi connectivity index (χ0) is 21.3. The zero-order valence-electron chi connectivity index (χ0n) is 17.4. The van der Waals surface area contributed by atoms with Gasteiger partial charge in [0.2, 0.25) is 5.91 Å². The average Bonchev–Trinajstić information content (AvgIpc) is 2.73. The molecule has 2 heterocycles. The molecule has 2 aromatic rings. The third kappa shape index (κ3) is 3.81. The van der Waals surface area contributed by atoms with Gasteiger partial charge in [-0.15, -0.1) is 0 Å². The highest BCUT2D eigenvalue weighted by atomic mass is 16.2. The van der Waals surface area contributed by atoms with Crippen molar-refractivity contribution in [3.63, 3.8) is 0 Å². The lowest BCUT2D eigenvalue weighted by Crippen LogP contribution is -2.62. The zero-order valence-corrected chi connectivity index (χ0v) is 17.4. The number of nitrogens with zero attached hydrogens (tertiary/aromatic N) is 4. The minimum Gasteiger partial charge on any atom is -0.349 e. The molecule has 154 valence electrons. The second-order valence-corrected chi connectivity index (χ2v) is 8.25. The van der Waals surface area contributed by atoms with Gasteiger partial charge in [0.1, 0.15) is 0 Å². The van der Waals surface area contributed by atoms with Crippen molar-refractivity contribution in [2.45, 2.75) is 24.9 Å². The number of hydrogen-bond acceptors (Lipinski definition) is 4. The first-order valence-electron chi connectivity index (χ1n) is 10.3. The van der Waals surface area contributed by atoms with E-state index in [1.54, 1.807) is 43.3 Å². The van der Waals surface area contributed by atoms with Crippen molar-refractivity contribution in [3.05, 3.63) is 70.8 Å². The van der Waals surface area contributed by atoms with Crippen LogP contribution in [0.3, 0.4) is 0 Å². The van der Waals surface area contributed by atoms with E-state index in [0.717, 1.165) is 13.0 Å². The summed E-state index contributed by atoms with van der Waals surface area (Å²) in [5.41, 5.74) is 3.58. The second kappa shape index (κ2) is 8.29. The molecule has 0 aromatic heterocycles. The van der Waals surface area contributed by atoms with Crippen molar-refractivity contribution in [2.75, 3.05) is 33.7 Å². The fraction of sp³-hybridized carbons (Fsp3) is 0.375. The molecule has 0 bridgehead atoms. The van der Waals surface area contributed by atoms with E-state index in [1.165, 1.54) is 11.1 Å². The van der Waals surface area contributed by atoms with E-state index in [9.17, 15) is 9.59 Å². The number of hydrogen-bond donors (Lipinski definition) is 0. The Morgan fingerprint density at radius 1 is 1.13 bits per heavy atom. The lowest BCUT2D eigenvalue weighted by molar-refractivity contribution is -0.130. The number of carbonyl (C=O) groups is 2. The van der Waals surface area contributed by atoms with Crippen LogP contribution in [0.2, 0.25) is 0 Å². The molecule has 2 amide bonds. The summed E-state index contributed by atoms with van der Waals surface area (Å²) in [5, 5.41) is 9.07. The van der Waals surface area contributed by atoms with Crippen molar-refractivity contribution in [1.29, 1.82) is 5.26 Å². The topological polar surface area (TPSA) is 67.7 Å². The van der Waals surface area contributed by atoms with Gasteiger partial charge in [-0.1, -0.05) is 30.3 Å². The van der Waals surface area contributed by atoms with Gasteiger partial charge in [0, 0.05) is 57.8 Å². The lowest BCUT2D eigenvalue weighted by Gasteiger charge is -2.50. The largest absolute Gasteiger partial charge is 0.349 e. The van der Waals surface area contributed by atoms with Crippen molar-refractivity contribution in [1.82, 2.24) is 14.7 Å². The molecule has 2 aromatic carbocycles. The highest BCUT2D eigenvalue weighted by Crippen LogP contribution is 2.36. The first-order valence-corrected chi connectivity index (χ1v) is 10.3. The third-order valence-corrected chi connectivity index (χ3v) is 6.18. The Morgan fingerprint density at radius 2 is 1.90 bits per heavy atom. The maximum Gasteiger partial charge on any atom is 0.254 e. The molecule has 1 fully saturated rings. The molecule has 6 nitrogen and oxygen atoms in total. The highest BCUT2D eigenvalue weighted by molar-refractivity contribution is 5.95. The summed E-state index contributed by atoms with van der Waals surface area (Å²) >= 11 is 0. The summed E-state index contributed by atoms with van der Waals surface area (Å²) in [6.45, 7) is 2.17. The van der Waals surface area contributed by atoms with E-state index in [4.69, 9.17) is 5.26 Å². The Bertz CT molecular complexity index is 1000. The number of likely N-dealkylation sites (tertiary alicyclic amines) is 1. The van der Waals surface area contributed by atoms with E-state index in [1.807, 2.05) is 11.0 Å². The van der Waals surface area contributed by atoms with Gasteiger partial charge in [0.25, 0.3) is 5.91 Å². The van der Waals surface area contributed by atoms with Gasteiger partial charge in [0.15, 0.2) is 0 Å². The van der Waals surface area contributed by atoms with Crippen molar-refractivity contribution < 1.29 is 9.59 Å². The molecule has 6 heteroatoms. The predicted molar refractivity (Wildman–Crippen MR) is 114 cm³/mol. The van der Waals surface area contributed by atoms with Crippen LogP contribution in [-0.4, -0.2) is 66.3 Å². The molecule has 1 saturated heterocycles. The van der Waals surface area contributed by atoms with Gasteiger partial charge in [-0.05, 0) is 35.7 Å². The Kier molecular flexibility index (Phi) is 5.56. The normalized spacial score (nSPS) is 18.8. The van der Waals surface area contributed by atoms with Crippen LogP contribution in [-0.2, 0) is 11.2 Å². The molecular weight excluding hydrogens is 376 g/mol. The van der Waals surface area contributed by atoms with E-state index < -0.39 is 0 Å². The molecule has 2 aliphatic rings. The number of nitriles is 1. The van der Waals surface area contributed by atoms with Gasteiger partial charge in [0.05, 0.1) is 11.6 Å². The van der Waals surface area contributed by atoms with Crippen molar-refractivity contribution in [2.24, 2.45) is 0 Å². The molecule has 0 saturated carbocycles. The van der Waals surface area contributed by atoms with Crippen LogP contribution < -0.4 is 0 Å². The van der Waals surface area contributed by atoms with Gasteiger partial charge in [-0.25, -0.2) is 0 Å². The smallest absolute Gasteiger partial charge is 0.254 e. The summed E-state index contributed by atoms with van der Waals surface area (Å²) in [4.78, 5) is 31.2. The molecule has 1 unspecified atom stereocenters. The van der Waals surface area contributed by atoms with Gasteiger partial charge >= 0.3 is 0 Å². The average molecular weight is 402 g/mol. The minimum atomic E-state index is -0.0401. The third-order valence-electron chi connectivity index (χ3n) is 6.18. The van der Waals surface area contributed by atoms with Crippen LogP contribution in [0, 0.1) is 11.3 Å². The Morgan fingerprint density at radius 3 is 2.63 bits per heavy atom. The molecule has 0 spiro atoms. The number of rotatable bonds is 4.